The Morgan fingerprint density at radius 2 is 1.62 bits per heavy atom. The minimum Gasteiger partial charge on any atom is -0.324 e. The van der Waals surface area contributed by atoms with Crippen molar-refractivity contribution < 1.29 is 18.4 Å². The number of benzene rings is 2. The molecule has 0 aliphatic heterocycles. The number of carbonyl (C=O) groups is 2. The van der Waals surface area contributed by atoms with Crippen molar-refractivity contribution in [2.45, 2.75) is 13.8 Å². The highest BCUT2D eigenvalue weighted by Gasteiger charge is 2.15. The number of nitrogens with zero attached hydrogens (tertiary/aromatic N) is 1. The Morgan fingerprint density at radius 1 is 1.04 bits per heavy atom. The molecule has 0 aliphatic carbocycles. The van der Waals surface area contributed by atoms with Crippen molar-refractivity contribution in [2.24, 2.45) is 0 Å². The SMILES string of the molecule is CC(=O)Nc1cc(NC(=O)/C(C#N)=C/c2ccc(C)cc2)c(F)cc1F. The third-order valence-corrected chi connectivity index (χ3v) is 3.37. The molecule has 0 atom stereocenters. The van der Waals surface area contributed by atoms with Gasteiger partial charge >= 0.3 is 0 Å². The molecule has 0 saturated carbocycles. The van der Waals surface area contributed by atoms with Gasteiger partial charge in [0.15, 0.2) is 0 Å². The number of aryl methyl sites for hydroxylation is 1. The van der Waals surface area contributed by atoms with E-state index in [1.807, 2.05) is 19.1 Å². The van der Waals surface area contributed by atoms with Gasteiger partial charge in [0, 0.05) is 13.0 Å². The molecule has 0 saturated heterocycles. The zero-order chi connectivity index (χ0) is 19.3. The number of halogens is 2. The van der Waals surface area contributed by atoms with Gasteiger partial charge in [-0.2, -0.15) is 5.26 Å². The summed E-state index contributed by atoms with van der Waals surface area (Å²) in [6, 6.07) is 10.3. The highest BCUT2D eigenvalue weighted by Crippen LogP contribution is 2.24. The molecule has 2 rings (SSSR count). The maximum atomic E-state index is 13.9. The fraction of sp³-hybridized carbons (Fsp3) is 0.105. The van der Waals surface area contributed by atoms with Crippen LogP contribution >= 0.6 is 0 Å². The van der Waals surface area contributed by atoms with Gasteiger partial charge in [-0.25, -0.2) is 8.78 Å². The van der Waals surface area contributed by atoms with Gasteiger partial charge in [-0.05, 0) is 24.6 Å². The summed E-state index contributed by atoms with van der Waals surface area (Å²) in [7, 11) is 0. The number of rotatable bonds is 4. The zero-order valence-electron chi connectivity index (χ0n) is 14.1. The summed E-state index contributed by atoms with van der Waals surface area (Å²) in [6.07, 6.45) is 1.35. The van der Waals surface area contributed by atoms with E-state index in [0.29, 0.717) is 11.6 Å². The first-order chi connectivity index (χ1) is 12.3. The first-order valence-corrected chi connectivity index (χ1v) is 7.56. The highest BCUT2D eigenvalue weighted by molar-refractivity contribution is 6.10. The van der Waals surface area contributed by atoms with Crippen molar-refractivity contribution in [1.82, 2.24) is 0 Å². The number of nitriles is 1. The van der Waals surface area contributed by atoms with Crippen LogP contribution in [0.4, 0.5) is 20.2 Å². The summed E-state index contributed by atoms with van der Waals surface area (Å²) in [5.74, 6) is -3.42. The summed E-state index contributed by atoms with van der Waals surface area (Å²) in [5.41, 5.74) is 0.754. The normalized spacial score (nSPS) is 10.8. The fourth-order valence-corrected chi connectivity index (χ4v) is 2.10. The van der Waals surface area contributed by atoms with E-state index >= 15 is 0 Å². The number of carbonyl (C=O) groups excluding carboxylic acids is 2. The molecule has 0 fully saturated rings. The predicted molar refractivity (Wildman–Crippen MR) is 94.1 cm³/mol. The van der Waals surface area contributed by atoms with Crippen LogP contribution in [0.1, 0.15) is 18.1 Å². The van der Waals surface area contributed by atoms with Gasteiger partial charge in [-0.1, -0.05) is 29.8 Å². The summed E-state index contributed by atoms with van der Waals surface area (Å²) in [4.78, 5) is 23.3. The first-order valence-electron chi connectivity index (χ1n) is 7.56. The molecule has 0 radical (unpaired) electrons. The van der Waals surface area contributed by atoms with Gasteiger partial charge in [0.1, 0.15) is 23.3 Å². The summed E-state index contributed by atoms with van der Waals surface area (Å²) in [6.45, 7) is 3.06. The standard InChI is InChI=1S/C19H15F2N3O2/c1-11-3-5-13(6-4-11)7-14(10-22)19(26)24-18-9-17(23-12(2)25)15(20)8-16(18)21/h3-9H,1-2H3,(H,23,25)(H,24,26)/b14-7+. The smallest absolute Gasteiger partial charge is 0.266 e. The van der Waals surface area contributed by atoms with Crippen molar-refractivity contribution in [3.8, 4) is 6.07 Å². The van der Waals surface area contributed by atoms with E-state index in [1.165, 1.54) is 13.0 Å². The van der Waals surface area contributed by atoms with Gasteiger partial charge in [0.25, 0.3) is 5.91 Å². The summed E-state index contributed by atoms with van der Waals surface area (Å²) >= 11 is 0. The zero-order valence-corrected chi connectivity index (χ0v) is 14.1. The lowest BCUT2D eigenvalue weighted by molar-refractivity contribution is -0.114. The second-order valence-electron chi connectivity index (χ2n) is 5.53. The molecule has 2 N–H and O–H groups in total. The molecule has 132 valence electrons. The van der Waals surface area contributed by atoms with Gasteiger partial charge < -0.3 is 10.6 Å². The fourth-order valence-electron chi connectivity index (χ4n) is 2.10. The molecule has 5 nitrogen and oxygen atoms in total. The van der Waals surface area contributed by atoms with Crippen molar-refractivity contribution >= 4 is 29.3 Å². The molecule has 0 spiro atoms. The predicted octanol–water partition coefficient (Wildman–Crippen LogP) is 3.78. The molecular weight excluding hydrogens is 340 g/mol. The second kappa shape index (κ2) is 8.03. The lowest BCUT2D eigenvalue weighted by atomic mass is 10.1. The summed E-state index contributed by atoms with van der Waals surface area (Å²) < 4.78 is 27.5. The van der Waals surface area contributed by atoms with Crippen LogP contribution < -0.4 is 10.6 Å². The topological polar surface area (TPSA) is 82.0 Å². The van der Waals surface area contributed by atoms with Crippen LogP contribution in [0.3, 0.4) is 0 Å². The second-order valence-corrected chi connectivity index (χ2v) is 5.53. The largest absolute Gasteiger partial charge is 0.324 e. The number of hydrogen-bond acceptors (Lipinski definition) is 3. The van der Waals surface area contributed by atoms with Crippen LogP contribution in [0.5, 0.6) is 0 Å². The van der Waals surface area contributed by atoms with E-state index in [-0.39, 0.29) is 16.9 Å². The van der Waals surface area contributed by atoms with Crippen LogP contribution in [0.25, 0.3) is 6.08 Å². The molecule has 2 aromatic carbocycles. The Morgan fingerprint density at radius 3 is 2.15 bits per heavy atom. The van der Waals surface area contributed by atoms with Crippen LogP contribution in [0.2, 0.25) is 0 Å². The minimum absolute atomic E-state index is 0.251. The molecule has 26 heavy (non-hydrogen) atoms. The Labute approximate surface area is 148 Å². The lowest BCUT2D eigenvalue weighted by Gasteiger charge is -2.10. The van der Waals surface area contributed by atoms with E-state index in [0.717, 1.165) is 11.6 Å². The summed E-state index contributed by atoms with van der Waals surface area (Å²) in [5, 5.41) is 13.6. The van der Waals surface area contributed by atoms with E-state index in [9.17, 15) is 23.6 Å². The number of nitrogens with one attached hydrogen (secondary N) is 2. The number of anilines is 2. The molecule has 2 amide bonds. The van der Waals surface area contributed by atoms with Crippen molar-refractivity contribution in [3.05, 3.63) is 64.7 Å². The highest BCUT2D eigenvalue weighted by atomic mass is 19.1. The van der Waals surface area contributed by atoms with Gasteiger partial charge in [0.2, 0.25) is 5.91 Å². The third kappa shape index (κ3) is 4.74. The van der Waals surface area contributed by atoms with Crippen molar-refractivity contribution in [3.63, 3.8) is 0 Å². The Kier molecular flexibility index (Phi) is 5.81. The van der Waals surface area contributed by atoms with Crippen molar-refractivity contribution in [1.29, 1.82) is 5.26 Å². The van der Waals surface area contributed by atoms with Crippen molar-refractivity contribution in [2.75, 3.05) is 10.6 Å². The van der Waals surface area contributed by atoms with E-state index in [1.54, 1.807) is 18.2 Å². The lowest BCUT2D eigenvalue weighted by Crippen LogP contribution is -2.16. The van der Waals surface area contributed by atoms with Gasteiger partial charge in [-0.15, -0.1) is 0 Å². The minimum atomic E-state index is -1.03. The maximum absolute atomic E-state index is 13.9. The molecule has 0 bridgehead atoms. The van der Waals surface area contributed by atoms with Crippen LogP contribution in [0.15, 0.2) is 42.0 Å². The quantitative estimate of drug-likeness (QED) is 0.647. The first kappa shape index (κ1) is 18.8. The van der Waals surface area contributed by atoms with Crippen LogP contribution in [0, 0.1) is 29.9 Å². The molecule has 7 heteroatoms. The van der Waals surface area contributed by atoms with E-state index in [2.05, 4.69) is 10.6 Å². The number of hydrogen-bond donors (Lipinski definition) is 2. The van der Waals surface area contributed by atoms with Gasteiger partial charge in [-0.3, -0.25) is 9.59 Å². The molecule has 0 heterocycles. The Bertz CT molecular complexity index is 929. The monoisotopic (exact) mass is 355 g/mol. The number of amides is 2. The van der Waals surface area contributed by atoms with E-state index < -0.39 is 23.4 Å². The molecule has 0 aliphatic rings. The molecule has 0 aromatic heterocycles. The molecule has 2 aromatic rings. The molecule has 0 unspecified atom stereocenters. The molecular formula is C19H15F2N3O2. The third-order valence-electron chi connectivity index (χ3n) is 3.37. The Hall–Kier alpha value is -3.53. The average molecular weight is 355 g/mol. The van der Waals surface area contributed by atoms with E-state index in [4.69, 9.17) is 0 Å². The van der Waals surface area contributed by atoms with Crippen LogP contribution in [-0.4, -0.2) is 11.8 Å². The van der Waals surface area contributed by atoms with Gasteiger partial charge in [0.05, 0.1) is 11.4 Å². The van der Waals surface area contributed by atoms with Crippen LogP contribution in [-0.2, 0) is 9.59 Å². The average Bonchev–Trinajstić information content (AvgIpc) is 2.58. The maximum Gasteiger partial charge on any atom is 0.266 e. The Balaban J connectivity index is 2.28.